The fourth-order valence-electron chi connectivity index (χ4n) is 2.27. The molecule has 1 aromatic heterocycles. The highest BCUT2D eigenvalue weighted by atomic mass is 32.2. The molecule has 0 aliphatic heterocycles. The van der Waals surface area contributed by atoms with E-state index in [9.17, 15) is 8.42 Å². The summed E-state index contributed by atoms with van der Waals surface area (Å²) in [5.41, 5.74) is 0. The van der Waals surface area contributed by atoms with Crippen molar-refractivity contribution in [3.8, 4) is 0 Å². The Morgan fingerprint density at radius 3 is 2.79 bits per heavy atom. The molecule has 108 valence electrons. The van der Waals surface area contributed by atoms with Crippen LogP contribution >= 0.6 is 0 Å². The first-order chi connectivity index (χ1) is 8.96. The maximum absolute atomic E-state index is 11.9. The minimum atomic E-state index is -3.17. The molecule has 1 heterocycles. The summed E-state index contributed by atoms with van der Waals surface area (Å²) in [4.78, 5) is 4.22. The molecule has 1 fully saturated rings. The zero-order valence-corrected chi connectivity index (χ0v) is 12.5. The summed E-state index contributed by atoms with van der Waals surface area (Å²) in [5, 5.41) is 0. The van der Waals surface area contributed by atoms with Crippen LogP contribution in [0, 0.1) is 11.8 Å². The maximum Gasteiger partial charge on any atom is 0.212 e. The van der Waals surface area contributed by atoms with Gasteiger partial charge in [-0.3, -0.25) is 0 Å². The second-order valence-corrected chi connectivity index (χ2v) is 7.64. The smallest absolute Gasteiger partial charge is 0.212 e. The molecule has 0 bridgehead atoms. The number of nitrogens with zero attached hydrogens (tertiary/aromatic N) is 2. The van der Waals surface area contributed by atoms with Gasteiger partial charge in [0, 0.05) is 18.9 Å². The van der Waals surface area contributed by atoms with E-state index < -0.39 is 10.0 Å². The molecule has 0 spiro atoms. The van der Waals surface area contributed by atoms with Crippen molar-refractivity contribution in [3.63, 3.8) is 0 Å². The van der Waals surface area contributed by atoms with Crippen molar-refractivity contribution in [1.29, 1.82) is 0 Å². The largest absolute Gasteiger partial charge is 0.334 e. The Kier molecular flexibility index (Phi) is 4.62. The molecule has 0 saturated heterocycles. The lowest BCUT2D eigenvalue weighted by Crippen LogP contribution is -2.32. The molecule has 0 amide bonds. The highest BCUT2D eigenvalue weighted by Crippen LogP contribution is 2.27. The van der Waals surface area contributed by atoms with Gasteiger partial charge in [-0.25, -0.2) is 18.1 Å². The third-order valence-electron chi connectivity index (χ3n) is 3.49. The van der Waals surface area contributed by atoms with E-state index in [4.69, 9.17) is 0 Å². The van der Waals surface area contributed by atoms with Crippen LogP contribution in [0.15, 0.2) is 12.4 Å². The van der Waals surface area contributed by atoms with Crippen molar-refractivity contribution in [1.82, 2.24) is 14.3 Å². The van der Waals surface area contributed by atoms with E-state index in [0.29, 0.717) is 11.8 Å². The van der Waals surface area contributed by atoms with Crippen LogP contribution in [0.25, 0.3) is 0 Å². The molecule has 1 N–H and O–H groups in total. The van der Waals surface area contributed by atoms with E-state index >= 15 is 0 Å². The molecular weight excluding hydrogens is 262 g/mol. The van der Waals surface area contributed by atoms with E-state index in [1.165, 1.54) is 6.42 Å². The van der Waals surface area contributed by atoms with Crippen molar-refractivity contribution in [3.05, 3.63) is 18.2 Å². The third kappa shape index (κ3) is 4.31. The van der Waals surface area contributed by atoms with Gasteiger partial charge in [0.25, 0.3) is 0 Å². The predicted octanol–water partition coefficient (Wildman–Crippen LogP) is 1.76. The first-order valence-corrected chi connectivity index (χ1v) is 8.59. The van der Waals surface area contributed by atoms with Crippen molar-refractivity contribution >= 4 is 10.0 Å². The Bertz CT molecular complexity index is 504. The maximum atomic E-state index is 11.9. The van der Waals surface area contributed by atoms with Gasteiger partial charge in [-0.15, -0.1) is 0 Å². The molecule has 1 aromatic rings. The molecule has 0 unspecified atom stereocenters. The monoisotopic (exact) mass is 285 g/mol. The molecule has 0 atom stereocenters. The number of hydrogen-bond acceptors (Lipinski definition) is 3. The van der Waals surface area contributed by atoms with Gasteiger partial charge in [0.2, 0.25) is 10.0 Å². The van der Waals surface area contributed by atoms with Gasteiger partial charge in [-0.05, 0) is 24.7 Å². The molecule has 6 heteroatoms. The average molecular weight is 285 g/mol. The summed E-state index contributed by atoms with van der Waals surface area (Å²) < 4.78 is 28.5. The third-order valence-corrected chi connectivity index (χ3v) is 4.99. The van der Waals surface area contributed by atoms with E-state index in [-0.39, 0.29) is 12.3 Å². The van der Waals surface area contributed by atoms with E-state index in [0.717, 1.165) is 25.2 Å². The number of hydrogen-bond donors (Lipinski definition) is 1. The lowest BCUT2D eigenvalue weighted by Gasteiger charge is -2.24. The Labute approximate surface area is 115 Å². The molecule has 2 rings (SSSR count). The molecule has 19 heavy (non-hydrogen) atoms. The van der Waals surface area contributed by atoms with Gasteiger partial charge in [-0.2, -0.15) is 0 Å². The second-order valence-electron chi connectivity index (χ2n) is 5.79. The van der Waals surface area contributed by atoms with Gasteiger partial charge in [0.15, 0.2) is 0 Å². The standard InChI is InChI=1S/C13H23N3O2S/c1-11(2)9-16-7-6-14-13(16)8-15-19(17,18)10-12-4-3-5-12/h6-7,11-12,15H,3-5,8-10H2,1-2H3. The van der Waals surface area contributed by atoms with Crippen LogP contribution in [-0.4, -0.2) is 23.7 Å². The Morgan fingerprint density at radius 2 is 2.21 bits per heavy atom. The molecular formula is C13H23N3O2S. The highest BCUT2D eigenvalue weighted by Gasteiger charge is 2.24. The second kappa shape index (κ2) is 6.05. The Morgan fingerprint density at radius 1 is 1.47 bits per heavy atom. The van der Waals surface area contributed by atoms with Crippen molar-refractivity contribution in [2.75, 3.05) is 5.75 Å². The first kappa shape index (κ1) is 14.5. The van der Waals surface area contributed by atoms with Crippen LogP contribution in [0.2, 0.25) is 0 Å². The molecule has 0 aromatic carbocycles. The first-order valence-electron chi connectivity index (χ1n) is 6.93. The number of rotatable bonds is 7. The number of sulfonamides is 1. The summed E-state index contributed by atoms with van der Waals surface area (Å²) >= 11 is 0. The normalized spacial score (nSPS) is 16.8. The zero-order valence-electron chi connectivity index (χ0n) is 11.7. The number of aromatic nitrogens is 2. The summed E-state index contributed by atoms with van der Waals surface area (Å²) in [7, 11) is -3.17. The Hall–Kier alpha value is -0.880. The zero-order chi connectivity index (χ0) is 13.9. The van der Waals surface area contributed by atoms with Gasteiger partial charge < -0.3 is 4.57 Å². The van der Waals surface area contributed by atoms with E-state index in [2.05, 4.69) is 23.6 Å². The predicted molar refractivity (Wildman–Crippen MR) is 75.0 cm³/mol. The topological polar surface area (TPSA) is 64.0 Å². The molecule has 1 aliphatic rings. The summed E-state index contributed by atoms with van der Waals surface area (Å²) in [6, 6.07) is 0. The molecule has 1 aliphatic carbocycles. The van der Waals surface area contributed by atoms with Crippen LogP contribution in [0.5, 0.6) is 0 Å². The average Bonchev–Trinajstić information content (AvgIpc) is 2.68. The molecule has 0 radical (unpaired) electrons. The quantitative estimate of drug-likeness (QED) is 0.830. The summed E-state index contributed by atoms with van der Waals surface area (Å²) in [5.74, 6) is 1.91. The van der Waals surface area contributed by atoms with E-state index in [1.807, 2.05) is 10.8 Å². The van der Waals surface area contributed by atoms with Gasteiger partial charge in [0.05, 0.1) is 12.3 Å². The SMILES string of the molecule is CC(C)Cn1ccnc1CNS(=O)(=O)CC1CCC1. The minimum absolute atomic E-state index is 0.262. The fraction of sp³-hybridized carbons (Fsp3) is 0.769. The van der Waals surface area contributed by atoms with Crippen LogP contribution in [-0.2, 0) is 23.1 Å². The fourth-order valence-corrected chi connectivity index (χ4v) is 3.69. The van der Waals surface area contributed by atoms with Crippen LogP contribution in [0.3, 0.4) is 0 Å². The summed E-state index contributed by atoms with van der Waals surface area (Å²) in [6.07, 6.45) is 6.87. The van der Waals surface area contributed by atoms with Gasteiger partial charge in [0.1, 0.15) is 5.82 Å². The van der Waals surface area contributed by atoms with Crippen molar-refractivity contribution < 1.29 is 8.42 Å². The number of nitrogens with one attached hydrogen (secondary N) is 1. The number of imidazole rings is 1. The van der Waals surface area contributed by atoms with E-state index in [1.54, 1.807) is 6.20 Å². The molecule has 5 nitrogen and oxygen atoms in total. The van der Waals surface area contributed by atoms with Gasteiger partial charge >= 0.3 is 0 Å². The summed E-state index contributed by atoms with van der Waals surface area (Å²) in [6.45, 7) is 5.41. The van der Waals surface area contributed by atoms with Crippen molar-refractivity contribution in [2.24, 2.45) is 11.8 Å². The van der Waals surface area contributed by atoms with Crippen LogP contribution < -0.4 is 4.72 Å². The lowest BCUT2D eigenvalue weighted by atomic mass is 9.87. The Balaban J connectivity index is 1.88. The molecule has 1 saturated carbocycles. The van der Waals surface area contributed by atoms with Crippen molar-refractivity contribution in [2.45, 2.75) is 46.2 Å². The van der Waals surface area contributed by atoms with Gasteiger partial charge in [-0.1, -0.05) is 20.3 Å². The lowest BCUT2D eigenvalue weighted by molar-refractivity contribution is 0.346. The minimum Gasteiger partial charge on any atom is -0.334 e. The highest BCUT2D eigenvalue weighted by molar-refractivity contribution is 7.89. The van der Waals surface area contributed by atoms with Crippen LogP contribution in [0.1, 0.15) is 38.9 Å². The van der Waals surface area contributed by atoms with Crippen LogP contribution in [0.4, 0.5) is 0 Å².